The number of ether oxygens (including phenoxy) is 1. The lowest BCUT2D eigenvalue weighted by Crippen LogP contribution is -2.02. The fourth-order valence-electron chi connectivity index (χ4n) is 0.931. The molecule has 1 aromatic carbocycles. The Balaban J connectivity index is 3.39. The molecule has 0 saturated carbocycles. The molecule has 17 heavy (non-hydrogen) atoms. The summed E-state index contributed by atoms with van der Waals surface area (Å²) in [7, 11) is 0. The van der Waals surface area contributed by atoms with Crippen LogP contribution in [0.3, 0.4) is 0 Å². The van der Waals surface area contributed by atoms with Gasteiger partial charge in [0.15, 0.2) is 23.3 Å². The van der Waals surface area contributed by atoms with Gasteiger partial charge in [0, 0.05) is 0 Å². The van der Waals surface area contributed by atoms with Crippen LogP contribution >= 0.6 is 11.6 Å². The molecule has 0 aliphatic carbocycles. The highest BCUT2D eigenvalue weighted by Crippen LogP contribution is 2.29. The molecular weight excluding hydrogens is 269 g/mol. The fourth-order valence-corrected chi connectivity index (χ4v) is 1.12. The molecule has 0 N–H and O–H groups in total. The van der Waals surface area contributed by atoms with Gasteiger partial charge in [-0.1, -0.05) is 0 Å². The Morgan fingerprint density at radius 1 is 1.00 bits per heavy atom. The van der Waals surface area contributed by atoms with Crippen LogP contribution in [0.5, 0.6) is 0 Å². The predicted octanol–water partition coefficient (Wildman–Crippen LogP) is 3.64. The number of halogens is 6. The van der Waals surface area contributed by atoms with Crippen LogP contribution in [-0.4, -0.2) is 12.0 Å². The lowest BCUT2D eigenvalue weighted by molar-refractivity contribution is 0.335. The topological polar surface area (TPSA) is 21.6 Å². The molecule has 0 aromatic heterocycles. The fraction of sp³-hybridized carbons (Fsp3) is 0.222. The van der Waals surface area contributed by atoms with Crippen LogP contribution in [0.2, 0.25) is 0 Å². The average molecular weight is 274 g/mol. The minimum Gasteiger partial charge on any atom is -0.469 e. The van der Waals surface area contributed by atoms with Gasteiger partial charge in [0.2, 0.25) is 5.82 Å². The van der Waals surface area contributed by atoms with Gasteiger partial charge in [0.05, 0.1) is 6.61 Å². The SMILES string of the molecule is CCOC(Cl)=Nc1c(F)c(F)c(F)c(F)c1F. The number of nitrogens with zero attached hydrogens (tertiary/aromatic N) is 1. The Bertz CT molecular complexity index is 448. The van der Waals surface area contributed by atoms with Crippen molar-refractivity contribution >= 4 is 22.6 Å². The molecule has 0 fully saturated rings. The zero-order chi connectivity index (χ0) is 13.2. The normalized spacial score (nSPS) is 11.8. The summed E-state index contributed by atoms with van der Waals surface area (Å²) in [6.45, 7) is 1.52. The molecule has 0 bridgehead atoms. The number of benzene rings is 1. The molecule has 0 saturated heterocycles. The van der Waals surface area contributed by atoms with Gasteiger partial charge in [0.25, 0.3) is 5.36 Å². The van der Waals surface area contributed by atoms with Crippen molar-refractivity contribution in [2.75, 3.05) is 6.61 Å². The summed E-state index contributed by atoms with van der Waals surface area (Å²) in [5, 5.41) is -0.726. The van der Waals surface area contributed by atoms with Crippen LogP contribution in [0.1, 0.15) is 6.92 Å². The number of rotatable bonds is 2. The highest BCUT2D eigenvalue weighted by atomic mass is 35.5. The first kappa shape index (κ1) is 13.7. The van der Waals surface area contributed by atoms with Crippen molar-refractivity contribution < 1.29 is 26.7 Å². The van der Waals surface area contributed by atoms with Crippen molar-refractivity contribution in [3.05, 3.63) is 29.1 Å². The maximum absolute atomic E-state index is 13.1. The summed E-state index contributed by atoms with van der Waals surface area (Å²) in [5.74, 6) is -10.6. The van der Waals surface area contributed by atoms with Crippen LogP contribution in [0.4, 0.5) is 27.6 Å². The summed E-state index contributed by atoms with van der Waals surface area (Å²) in [6, 6.07) is 0. The van der Waals surface area contributed by atoms with Crippen molar-refractivity contribution in [2.24, 2.45) is 4.99 Å². The van der Waals surface area contributed by atoms with Crippen LogP contribution in [0.15, 0.2) is 4.99 Å². The molecule has 0 unspecified atom stereocenters. The monoisotopic (exact) mass is 273 g/mol. The first-order valence-corrected chi connectivity index (χ1v) is 4.66. The Labute approximate surface area is 97.7 Å². The summed E-state index contributed by atoms with van der Waals surface area (Å²) in [6.07, 6.45) is 0. The van der Waals surface area contributed by atoms with Gasteiger partial charge >= 0.3 is 0 Å². The predicted molar refractivity (Wildman–Crippen MR) is 50.8 cm³/mol. The van der Waals surface area contributed by atoms with Crippen molar-refractivity contribution in [3.63, 3.8) is 0 Å². The third-order valence-electron chi connectivity index (χ3n) is 1.65. The summed E-state index contributed by atoms with van der Waals surface area (Å²) in [4.78, 5) is 2.97. The summed E-state index contributed by atoms with van der Waals surface area (Å²) in [5.41, 5.74) is -1.39. The Kier molecular flexibility index (Phi) is 4.28. The third-order valence-corrected chi connectivity index (χ3v) is 1.84. The zero-order valence-corrected chi connectivity index (χ0v) is 9.09. The van der Waals surface area contributed by atoms with Gasteiger partial charge < -0.3 is 4.74 Å². The van der Waals surface area contributed by atoms with E-state index < -0.39 is 40.1 Å². The Morgan fingerprint density at radius 3 is 1.82 bits per heavy atom. The highest BCUT2D eigenvalue weighted by molar-refractivity contribution is 6.63. The van der Waals surface area contributed by atoms with Crippen LogP contribution in [0, 0.1) is 29.1 Å². The van der Waals surface area contributed by atoms with Crippen molar-refractivity contribution in [1.29, 1.82) is 0 Å². The van der Waals surface area contributed by atoms with Crippen LogP contribution in [-0.2, 0) is 4.74 Å². The van der Waals surface area contributed by atoms with E-state index in [1.165, 1.54) is 6.92 Å². The summed E-state index contributed by atoms with van der Waals surface area (Å²) < 4.78 is 68.7. The molecule has 94 valence electrons. The molecule has 0 amide bonds. The van der Waals surface area contributed by atoms with E-state index in [9.17, 15) is 22.0 Å². The van der Waals surface area contributed by atoms with E-state index in [4.69, 9.17) is 11.6 Å². The van der Waals surface area contributed by atoms with E-state index >= 15 is 0 Å². The van der Waals surface area contributed by atoms with Crippen molar-refractivity contribution in [2.45, 2.75) is 6.92 Å². The molecule has 1 rings (SSSR count). The molecule has 8 heteroatoms. The maximum Gasteiger partial charge on any atom is 0.287 e. The second kappa shape index (κ2) is 5.31. The second-order valence-electron chi connectivity index (χ2n) is 2.72. The van der Waals surface area contributed by atoms with Gasteiger partial charge in [-0.3, -0.25) is 0 Å². The largest absolute Gasteiger partial charge is 0.469 e. The Hall–Kier alpha value is -1.37. The van der Waals surface area contributed by atoms with Gasteiger partial charge in [-0.15, -0.1) is 0 Å². The van der Waals surface area contributed by atoms with Gasteiger partial charge in [-0.05, 0) is 18.5 Å². The summed E-state index contributed by atoms with van der Waals surface area (Å²) >= 11 is 5.26. The van der Waals surface area contributed by atoms with Gasteiger partial charge in [-0.2, -0.15) is 4.99 Å². The molecule has 0 heterocycles. The molecular formula is C9H5ClF5NO. The van der Waals surface area contributed by atoms with E-state index in [2.05, 4.69) is 9.73 Å². The zero-order valence-electron chi connectivity index (χ0n) is 8.33. The lowest BCUT2D eigenvalue weighted by atomic mass is 10.2. The van der Waals surface area contributed by atoms with E-state index in [0.29, 0.717) is 0 Å². The van der Waals surface area contributed by atoms with Crippen LogP contribution < -0.4 is 0 Å². The molecule has 0 radical (unpaired) electrons. The molecule has 0 aliphatic rings. The van der Waals surface area contributed by atoms with Crippen molar-refractivity contribution in [3.8, 4) is 0 Å². The highest BCUT2D eigenvalue weighted by Gasteiger charge is 2.25. The molecule has 0 spiro atoms. The first-order valence-electron chi connectivity index (χ1n) is 4.28. The third kappa shape index (κ3) is 2.66. The molecule has 0 atom stereocenters. The minimum absolute atomic E-state index is 0.0255. The number of aliphatic imine (C=N–C) groups is 1. The van der Waals surface area contributed by atoms with E-state index in [1.54, 1.807) is 0 Å². The van der Waals surface area contributed by atoms with Gasteiger partial charge in [0.1, 0.15) is 5.69 Å². The molecule has 1 aromatic rings. The van der Waals surface area contributed by atoms with E-state index in [0.717, 1.165) is 0 Å². The smallest absolute Gasteiger partial charge is 0.287 e. The van der Waals surface area contributed by atoms with E-state index in [-0.39, 0.29) is 6.61 Å². The quantitative estimate of drug-likeness (QED) is 0.265. The number of hydrogen-bond donors (Lipinski definition) is 0. The second-order valence-corrected chi connectivity index (χ2v) is 3.04. The average Bonchev–Trinajstić information content (AvgIpc) is 2.30. The van der Waals surface area contributed by atoms with Crippen molar-refractivity contribution in [1.82, 2.24) is 0 Å². The number of hydrogen-bond acceptors (Lipinski definition) is 2. The molecule has 2 nitrogen and oxygen atoms in total. The molecule has 0 aliphatic heterocycles. The maximum atomic E-state index is 13.1. The Morgan fingerprint density at radius 2 is 1.41 bits per heavy atom. The van der Waals surface area contributed by atoms with Crippen LogP contribution in [0.25, 0.3) is 0 Å². The van der Waals surface area contributed by atoms with Gasteiger partial charge in [-0.25, -0.2) is 22.0 Å². The standard InChI is InChI=1S/C9H5ClF5NO/c1-2-17-9(10)16-8-6(14)4(12)3(11)5(13)7(8)15/h2H2,1H3. The first-order chi connectivity index (χ1) is 7.90. The van der Waals surface area contributed by atoms with E-state index in [1.807, 2.05) is 0 Å². The minimum atomic E-state index is -2.26. The lowest BCUT2D eigenvalue weighted by Gasteiger charge is -2.04.